The second-order valence-electron chi connectivity index (χ2n) is 6.11. The number of aromatic nitrogens is 1. The number of phenols is 1. The average molecular weight is 409 g/mol. The van der Waals surface area contributed by atoms with Crippen LogP contribution in [0, 0.1) is 6.92 Å². The van der Waals surface area contributed by atoms with Gasteiger partial charge in [-0.25, -0.2) is 4.98 Å². The third kappa shape index (κ3) is 3.73. The van der Waals surface area contributed by atoms with Crippen molar-refractivity contribution in [3.05, 3.63) is 64.4 Å². The van der Waals surface area contributed by atoms with Gasteiger partial charge in [0.1, 0.15) is 11.3 Å². The van der Waals surface area contributed by atoms with E-state index < -0.39 is 0 Å². The Morgan fingerprint density at radius 3 is 2.82 bits per heavy atom. The Kier molecular flexibility index (Phi) is 4.81. The van der Waals surface area contributed by atoms with Crippen LogP contribution in [0.15, 0.2) is 58.3 Å². The average Bonchev–Trinajstić information content (AvgIpc) is 3.31. The van der Waals surface area contributed by atoms with Gasteiger partial charge in [0.15, 0.2) is 10.7 Å². The first-order valence-corrected chi connectivity index (χ1v) is 9.65. The number of thiocarbonyl (C=S) groups is 1. The normalized spacial score (nSPS) is 10.8. The number of fused-ring (bicyclic) bond motifs is 1. The highest BCUT2D eigenvalue weighted by atomic mass is 32.1. The van der Waals surface area contributed by atoms with Crippen LogP contribution in [0.5, 0.6) is 5.75 Å². The van der Waals surface area contributed by atoms with Gasteiger partial charge in [0, 0.05) is 11.8 Å². The van der Waals surface area contributed by atoms with Gasteiger partial charge >= 0.3 is 0 Å². The highest BCUT2D eigenvalue weighted by Crippen LogP contribution is 2.33. The van der Waals surface area contributed by atoms with E-state index in [4.69, 9.17) is 16.6 Å². The summed E-state index contributed by atoms with van der Waals surface area (Å²) in [6.07, 6.45) is 0. The number of nitrogens with one attached hydrogen (secondary N) is 2. The largest absolute Gasteiger partial charge is 0.507 e. The minimum atomic E-state index is -0.282. The molecular weight excluding hydrogens is 394 g/mol. The van der Waals surface area contributed by atoms with Crippen molar-refractivity contribution in [3.8, 4) is 17.2 Å². The van der Waals surface area contributed by atoms with Gasteiger partial charge in [-0.2, -0.15) is 0 Å². The summed E-state index contributed by atoms with van der Waals surface area (Å²) >= 11 is 6.49. The lowest BCUT2D eigenvalue weighted by Gasteiger charge is -2.10. The Labute approximate surface area is 169 Å². The highest BCUT2D eigenvalue weighted by molar-refractivity contribution is 7.80. The summed E-state index contributed by atoms with van der Waals surface area (Å²) in [7, 11) is 0. The van der Waals surface area contributed by atoms with E-state index in [9.17, 15) is 9.90 Å². The molecule has 0 atom stereocenters. The van der Waals surface area contributed by atoms with Gasteiger partial charge in [-0.1, -0.05) is 12.1 Å². The predicted molar refractivity (Wildman–Crippen MR) is 114 cm³/mol. The van der Waals surface area contributed by atoms with Crippen molar-refractivity contribution in [2.75, 3.05) is 5.32 Å². The fourth-order valence-electron chi connectivity index (χ4n) is 2.68. The molecule has 4 rings (SSSR count). The zero-order chi connectivity index (χ0) is 19.7. The summed E-state index contributed by atoms with van der Waals surface area (Å²) in [4.78, 5) is 17.0. The maximum absolute atomic E-state index is 12.0. The molecule has 2 heterocycles. The van der Waals surface area contributed by atoms with Crippen molar-refractivity contribution in [2.45, 2.75) is 6.92 Å². The second-order valence-corrected chi connectivity index (χ2v) is 7.46. The maximum Gasteiger partial charge on any atom is 0.267 e. The van der Waals surface area contributed by atoms with Crippen molar-refractivity contribution in [1.82, 2.24) is 10.3 Å². The number of thiophene rings is 1. The van der Waals surface area contributed by atoms with Gasteiger partial charge in [-0.3, -0.25) is 10.1 Å². The van der Waals surface area contributed by atoms with Crippen LogP contribution in [0.1, 0.15) is 15.2 Å². The van der Waals surface area contributed by atoms with Gasteiger partial charge in [0.05, 0.1) is 10.4 Å². The molecule has 6 nitrogen and oxygen atoms in total. The molecule has 3 N–H and O–H groups in total. The van der Waals surface area contributed by atoms with Gasteiger partial charge in [0.2, 0.25) is 5.89 Å². The minimum absolute atomic E-state index is 0.0133. The molecule has 0 radical (unpaired) electrons. The number of rotatable bonds is 3. The molecule has 2 aromatic carbocycles. The first-order chi connectivity index (χ1) is 13.5. The quantitative estimate of drug-likeness (QED) is 0.425. The number of aromatic hydroxyl groups is 1. The molecule has 0 unspecified atom stereocenters. The standard InChI is InChI=1S/C20H15N3O3S2/c1-11-4-7-16-14(9-11)22-19(26-16)13-6-5-12(10-15(13)24)21-20(27)23-18(25)17-3-2-8-28-17/h2-10,24H,1H3,(H2,21,23,25,27). The van der Waals surface area contributed by atoms with Crippen molar-refractivity contribution in [1.29, 1.82) is 0 Å². The lowest BCUT2D eigenvalue weighted by Crippen LogP contribution is -2.33. The van der Waals surface area contributed by atoms with E-state index in [1.54, 1.807) is 24.3 Å². The fourth-order valence-corrected chi connectivity index (χ4v) is 3.51. The summed E-state index contributed by atoms with van der Waals surface area (Å²) < 4.78 is 5.73. The number of hydrogen-bond donors (Lipinski definition) is 3. The summed E-state index contributed by atoms with van der Waals surface area (Å²) in [6, 6.07) is 14.1. The number of carbonyl (C=O) groups is 1. The molecule has 4 aromatic rings. The number of hydrogen-bond acceptors (Lipinski definition) is 6. The summed E-state index contributed by atoms with van der Waals surface area (Å²) in [6.45, 7) is 1.98. The molecule has 8 heteroatoms. The van der Waals surface area contributed by atoms with Gasteiger partial charge in [-0.05, 0) is 60.4 Å². The topological polar surface area (TPSA) is 87.4 Å². The van der Waals surface area contributed by atoms with E-state index in [2.05, 4.69) is 15.6 Å². The summed E-state index contributed by atoms with van der Waals surface area (Å²) in [5.41, 5.74) is 3.46. The van der Waals surface area contributed by atoms with E-state index in [1.165, 1.54) is 17.4 Å². The van der Waals surface area contributed by atoms with Crippen molar-refractivity contribution in [2.24, 2.45) is 0 Å². The van der Waals surface area contributed by atoms with Crippen LogP contribution < -0.4 is 10.6 Å². The monoisotopic (exact) mass is 409 g/mol. The van der Waals surface area contributed by atoms with E-state index in [0.717, 1.165) is 11.1 Å². The number of aryl methyl sites for hydroxylation is 1. The Balaban J connectivity index is 1.50. The molecule has 0 aliphatic carbocycles. The lowest BCUT2D eigenvalue weighted by atomic mass is 10.2. The second kappa shape index (κ2) is 7.41. The smallest absolute Gasteiger partial charge is 0.267 e. The molecule has 28 heavy (non-hydrogen) atoms. The number of amides is 1. The van der Waals surface area contributed by atoms with E-state index in [0.29, 0.717) is 27.6 Å². The molecule has 140 valence electrons. The number of benzene rings is 2. The number of carbonyl (C=O) groups excluding carboxylic acids is 1. The van der Waals surface area contributed by atoms with E-state index >= 15 is 0 Å². The van der Waals surface area contributed by atoms with Crippen LogP contribution >= 0.6 is 23.6 Å². The number of phenolic OH excluding ortho intramolecular Hbond substituents is 1. The van der Waals surface area contributed by atoms with Gasteiger partial charge in [-0.15, -0.1) is 11.3 Å². The SMILES string of the molecule is Cc1ccc2oc(-c3ccc(NC(=S)NC(=O)c4cccs4)cc3O)nc2c1. The Morgan fingerprint density at radius 2 is 2.07 bits per heavy atom. The molecule has 0 saturated heterocycles. The zero-order valence-corrected chi connectivity index (χ0v) is 16.4. The van der Waals surface area contributed by atoms with Gasteiger partial charge in [0.25, 0.3) is 5.91 Å². The minimum Gasteiger partial charge on any atom is -0.507 e. The summed E-state index contributed by atoms with van der Waals surface area (Å²) in [5, 5.41) is 17.8. The van der Waals surface area contributed by atoms with Crippen LogP contribution in [0.3, 0.4) is 0 Å². The van der Waals surface area contributed by atoms with Crippen molar-refractivity contribution < 1.29 is 14.3 Å². The molecule has 0 fully saturated rings. The maximum atomic E-state index is 12.0. The molecule has 2 aromatic heterocycles. The van der Waals surface area contributed by atoms with Crippen molar-refractivity contribution in [3.63, 3.8) is 0 Å². The molecule has 0 aliphatic heterocycles. The Morgan fingerprint density at radius 1 is 1.21 bits per heavy atom. The first-order valence-electron chi connectivity index (χ1n) is 8.36. The predicted octanol–water partition coefficient (Wildman–Crippen LogP) is 4.70. The molecule has 0 bridgehead atoms. The van der Waals surface area contributed by atoms with Crippen LogP contribution in [0.4, 0.5) is 5.69 Å². The summed E-state index contributed by atoms with van der Waals surface area (Å²) in [5.74, 6) is 0.0361. The third-order valence-electron chi connectivity index (χ3n) is 4.00. The molecule has 0 saturated carbocycles. The number of nitrogens with zero attached hydrogens (tertiary/aromatic N) is 1. The Bertz CT molecular complexity index is 1180. The lowest BCUT2D eigenvalue weighted by molar-refractivity contribution is 0.0981. The zero-order valence-electron chi connectivity index (χ0n) is 14.7. The highest BCUT2D eigenvalue weighted by Gasteiger charge is 2.14. The van der Waals surface area contributed by atoms with Crippen molar-refractivity contribution >= 4 is 51.4 Å². The van der Waals surface area contributed by atoms with Crippen LogP contribution in [0.2, 0.25) is 0 Å². The van der Waals surface area contributed by atoms with Crippen LogP contribution in [-0.4, -0.2) is 21.1 Å². The number of anilines is 1. The molecule has 0 aliphatic rings. The number of oxazole rings is 1. The molecular formula is C20H15N3O3S2. The molecule has 0 spiro atoms. The third-order valence-corrected chi connectivity index (χ3v) is 5.07. The van der Waals surface area contributed by atoms with E-state index in [1.807, 2.05) is 30.5 Å². The molecule has 1 amide bonds. The Hall–Kier alpha value is -3.23. The van der Waals surface area contributed by atoms with Crippen LogP contribution in [0.25, 0.3) is 22.6 Å². The van der Waals surface area contributed by atoms with Crippen LogP contribution in [-0.2, 0) is 0 Å². The van der Waals surface area contributed by atoms with E-state index in [-0.39, 0.29) is 16.8 Å². The fraction of sp³-hybridized carbons (Fsp3) is 0.0500. The van der Waals surface area contributed by atoms with Gasteiger partial charge < -0.3 is 14.8 Å². The first kappa shape index (κ1) is 18.1.